The number of rotatable bonds is 5. The zero-order valence-corrected chi connectivity index (χ0v) is 14.9. The molecular formula is C18H28N4O3. The van der Waals surface area contributed by atoms with Crippen LogP contribution in [-0.4, -0.2) is 56.5 Å². The lowest BCUT2D eigenvalue weighted by Crippen LogP contribution is -2.49. The lowest BCUT2D eigenvalue weighted by atomic mass is 9.79. The molecule has 2 aliphatic rings. The third-order valence-corrected chi connectivity index (χ3v) is 5.15. The molecule has 0 saturated carbocycles. The van der Waals surface area contributed by atoms with Crippen LogP contribution < -0.4 is 16.0 Å². The zero-order chi connectivity index (χ0) is 17.7. The summed E-state index contributed by atoms with van der Waals surface area (Å²) in [5.41, 5.74) is 6.37. The molecular weight excluding hydrogens is 320 g/mol. The molecule has 7 heteroatoms. The summed E-state index contributed by atoms with van der Waals surface area (Å²) >= 11 is 0. The second-order valence-electron chi connectivity index (χ2n) is 6.93. The molecule has 1 amide bonds. The van der Waals surface area contributed by atoms with Crippen LogP contribution in [0.1, 0.15) is 25.3 Å². The smallest absolute Gasteiger partial charge is 0.227 e. The average molecular weight is 348 g/mol. The number of amides is 1. The highest BCUT2D eigenvalue weighted by Gasteiger charge is 2.38. The van der Waals surface area contributed by atoms with Gasteiger partial charge in [0.1, 0.15) is 5.82 Å². The molecule has 0 aliphatic carbocycles. The summed E-state index contributed by atoms with van der Waals surface area (Å²) in [6.45, 7) is 6.52. The maximum absolute atomic E-state index is 12.6. The zero-order valence-electron chi connectivity index (χ0n) is 14.9. The maximum atomic E-state index is 12.6. The maximum Gasteiger partial charge on any atom is 0.227 e. The summed E-state index contributed by atoms with van der Waals surface area (Å²) in [6.07, 6.45) is 3.42. The van der Waals surface area contributed by atoms with E-state index in [9.17, 15) is 4.79 Å². The molecule has 138 valence electrons. The Morgan fingerprint density at radius 2 is 2.20 bits per heavy atom. The van der Waals surface area contributed by atoms with Gasteiger partial charge in [0.05, 0.1) is 18.1 Å². The van der Waals surface area contributed by atoms with Crippen molar-refractivity contribution >= 4 is 11.7 Å². The first-order valence-corrected chi connectivity index (χ1v) is 9.00. The number of carbonyl (C=O) groups excluding carboxylic acids is 1. The minimum absolute atomic E-state index is 0.0179. The van der Waals surface area contributed by atoms with Crippen LogP contribution in [0.4, 0.5) is 5.82 Å². The van der Waals surface area contributed by atoms with Crippen molar-refractivity contribution in [1.29, 1.82) is 0 Å². The van der Waals surface area contributed by atoms with Gasteiger partial charge < -0.3 is 25.4 Å². The predicted molar refractivity (Wildman–Crippen MR) is 95.3 cm³/mol. The first kappa shape index (κ1) is 18.1. The molecule has 3 heterocycles. The van der Waals surface area contributed by atoms with Crippen molar-refractivity contribution in [3.63, 3.8) is 0 Å². The molecule has 7 nitrogen and oxygen atoms in total. The van der Waals surface area contributed by atoms with E-state index in [1.54, 1.807) is 0 Å². The number of nitrogens with zero attached hydrogens (tertiary/aromatic N) is 2. The quantitative estimate of drug-likeness (QED) is 0.813. The van der Waals surface area contributed by atoms with Crippen molar-refractivity contribution < 1.29 is 14.3 Å². The first-order chi connectivity index (χ1) is 12.1. The van der Waals surface area contributed by atoms with Gasteiger partial charge in [-0.1, -0.05) is 6.07 Å². The highest BCUT2D eigenvalue weighted by atomic mass is 16.5. The number of anilines is 1. The number of carbonyl (C=O) groups is 1. The number of ether oxygens (including phenoxy) is 2. The number of aromatic nitrogens is 1. The van der Waals surface area contributed by atoms with E-state index in [1.807, 2.05) is 18.3 Å². The second-order valence-corrected chi connectivity index (χ2v) is 6.93. The van der Waals surface area contributed by atoms with Gasteiger partial charge in [-0.25, -0.2) is 4.98 Å². The Kier molecular flexibility index (Phi) is 5.88. The van der Waals surface area contributed by atoms with Crippen LogP contribution in [0.2, 0.25) is 0 Å². The van der Waals surface area contributed by atoms with Crippen molar-refractivity contribution in [2.24, 2.45) is 11.1 Å². The summed E-state index contributed by atoms with van der Waals surface area (Å²) in [6, 6.07) is 4.02. The minimum Gasteiger partial charge on any atom is -0.381 e. The number of hydrogen-bond acceptors (Lipinski definition) is 6. The number of hydrogen-bond donors (Lipinski definition) is 2. The lowest BCUT2D eigenvalue weighted by Gasteiger charge is -2.34. The molecule has 0 aromatic carbocycles. The Balaban J connectivity index is 1.55. The summed E-state index contributed by atoms with van der Waals surface area (Å²) in [7, 11) is 0. The Morgan fingerprint density at radius 1 is 1.40 bits per heavy atom. The van der Waals surface area contributed by atoms with Gasteiger partial charge in [-0.05, 0) is 31.4 Å². The highest BCUT2D eigenvalue weighted by molar-refractivity contribution is 5.83. The standard InChI is InChI=1S/C18H28N4O3/c1-14-12-22(6-9-25-14)16-3-2-15(10-20-16)11-21-17(23)18(13-19)4-7-24-8-5-18/h2-3,10,14H,4-9,11-13,19H2,1H3,(H,21,23). The van der Waals surface area contributed by atoms with Crippen LogP contribution >= 0.6 is 0 Å². The molecule has 2 saturated heterocycles. The monoisotopic (exact) mass is 348 g/mol. The molecule has 0 bridgehead atoms. The molecule has 0 radical (unpaired) electrons. The Hall–Kier alpha value is -1.70. The van der Waals surface area contributed by atoms with Gasteiger partial charge in [-0.2, -0.15) is 0 Å². The van der Waals surface area contributed by atoms with Gasteiger partial charge in [-0.3, -0.25) is 4.79 Å². The van der Waals surface area contributed by atoms with Crippen LogP contribution in [0.25, 0.3) is 0 Å². The number of nitrogens with two attached hydrogens (primary N) is 1. The topological polar surface area (TPSA) is 89.7 Å². The van der Waals surface area contributed by atoms with Gasteiger partial charge in [0.25, 0.3) is 0 Å². The number of pyridine rings is 1. The summed E-state index contributed by atoms with van der Waals surface area (Å²) < 4.78 is 10.9. The molecule has 1 aromatic heterocycles. The molecule has 2 fully saturated rings. The van der Waals surface area contributed by atoms with E-state index in [4.69, 9.17) is 15.2 Å². The predicted octanol–water partition coefficient (Wildman–Crippen LogP) is 0.678. The van der Waals surface area contributed by atoms with E-state index in [-0.39, 0.29) is 12.0 Å². The largest absolute Gasteiger partial charge is 0.381 e. The molecule has 1 aromatic rings. The van der Waals surface area contributed by atoms with E-state index in [0.717, 1.165) is 31.1 Å². The Labute approximate surface area is 148 Å². The molecule has 1 atom stereocenters. The summed E-state index contributed by atoms with van der Waals surface area (Å²) in [4.78, 5) is 19.3. The first-order valence-electron chi connectivity index (χ1n) is 9.00. The molecule has 3 rings (SSSR count). The van der Waals surface area contributed by atoms with Gasteiger partial charge in [0, 0.05) is 45.6 Å². The molecule has 2 aliphatic heterocycles. The fourth-order valence-corrected chi connectivity index (χ4v) is 3.39. The third kappa shape index (κ3) is 4.29. The fraction of sp³-hybridized carbons (Fsp3) is 0.667. The van der Waals surface area contributed by atoms with Crippen molar-refractivity contribution in [2.45, 2.75) is 32.4 Å². The highest BCUT2D eigenvalue weighted by Crippen LogP contribution is 2.29. The van der Waals surface area contributed by atoms with Gasteiger partial charge in [0.15, 0.2) is 0 Å². The molecule has 1 unspecified atom stereocenters. The normalized spacial score (nSPS) is 23.3. The number of morpholine rings is 1. The van der Waals surface area contributed by atoms with E-state index >= 15 is 0 Å². The SMILES string of the molecule is CC1CN(c2ccc(CNC(=O)C3(CN)CCOCC3)cn2)CCO1. The summed E-state index contributed by atoms with van der Waals surface area (Å²) in [5, 5.41) is 3.02. The molecule has 0 spiro atoms. The minimum atomic E-state index is -0.491. The fourth-order valence-electron chi connectivity index (χ4n) is 3.39. The van der Waals surface area contributed by atoms with E-state index in [1.165, 1.54) is 0 Å². The van der Waals surface area contributed by atoms with E-state index in [2.05, 4.69) is 22.1 Å². The van der Waals surface area contributed by atoms with Crippen LogP contribution in [0, 0.1) is 5.41 Å². The van der Waals surface area contributed by atoms with Gasteiger partial charge in [0.2, 0.25) is 5.91 Å². The van der Waals surface area contributed by atoms with Gasteiger partial charge >= 0.3 is 0 Å². The van der Waals surface area contributed by atoms with Crippen LogP contribution in [0.15, 0.2) is 18.3 Å². The van der Waals surface area contributed by atoms with Crippen molar-refractivity contribution in [3.8, 4) is 0 Å². The Bertz CT molecular complexity index is 572. The van der Waals surface area contributed by atoms with E-state index < -0.39 is 5.41 Å². The van der Waals surface area contributed by atoms with Gasteiger partial charge in [-0.15, -0.1) is 0 Å². The van der Waals surface area contributed by atoms with Crippen LogP contribution in [0.3, 0.4) is 0 Å². The van der Waals surface area contributed by atoms with Crippen molar-refractivity contribution in [1.82, 2.24) is 10.3 Å². The average Bonchev–Trinajstić information content (AvgIpc) is 2.67. The third-order valence-electron chi connectivity index (χ3n) is 5.15. The molecule has 3 N–H and O–H groups in total. The summed E-state index contributed by atoms with van der Waals surface area (Å²) in [5.74, 6) is 0.970. The van der Waals surface area contributed by atoms with Crippen LogP contribution in [0.5, 0.6) is 0 Å². The van der Waals surface area contributed by atoms with E-state index in [0.29, 0.717) is 39.1 Å². The Morgan fingerprint density at radius 3 is 2.84 bits per heavy atom. The van der Waals surface area contributed by atoms with Crippen molar-refractivity contribution in [2.75, 3.05) is 44.4 Å². The van der Waals surface area contributed by atoms with Crippen molar-refractivity contribution in [3.05, 3.63) is 23.9 Å². The molecule has 25 heavy (non-hydrogen) atoms. The van der Waals surface area contributed by atoms with Crippen LogP contribution in [-0.2, 0) is 20.8 Å². The second kappa shape index (κ2) is 8.12. The lowest BCUT2D eigenvalue weighted by molar-refractivity contribution is -0.136. The number of nitrogens with one attached hydrogen (secondary N) is 1.